The van der Waals surface area contributed by atoms with Gasteiger partial charge in [0, 0.05) is 12.2 Å². The number of ketones is 1. The fraction of sp³-hybridized carbons (Fsp3) is 0.231. The Morgan fingerprint density at radius 2 is 2.21 bits per heavy atom. The zero-order chi connectivity index (χ0) is 17.4. The second-order valence-corrected chi connectivity index (χ2v) is 6.27. The number of hydrogen-bond acceptors (Lipinski definition) is 8. The summed E-state index contributed by atoms with van der Waals surface area (Å²) in [6.45, 7) is 0. The molecule has 0 spiro atoms. The van der Waals surface area contributed by atoms with E-state index in [1.165, 1.54) is 6.07 Å². The van der Waals surface area contributed by atoms with Crippen LogP contribution in [0.4, 0.5) is 9.52 Å². The molecule has 0 fully saturated rings. The standard InChI is InChI=1S/C13H11BFN3O5S/c15-7-2-1-5-3-6(4-8(19)11-17-18-13(16)24-11)14(22)23-10(5)9(7)12(20)21/h1-2,6,22H,3-4H2,(H2,16,18)(H,20,21)/t6-/m1/s1. The molecule has 24 heavy (non-hydrogen) atoms. The predicted molar refractivity (Wildman–Crippen MR) is 82.7 cm³/mol. The summed E-state index contributed by atoms with van der Waals surface area (Å²) in [4.78, 5) is 23.3. The Kier molecular flexibility index (Phi) is 4.20. The molecule has 0 aliphatic carbocycles. The van der Waals surface area contributed by atoms with Crippen LogP contribution in [0.2, 0.25) is 5.82 Å². The van der Waals surface area contributed by atoms with Crippen LogP contribution < -0.4 is 10.4 Å². The number of hydrogen-bond donors (Lipinski definition) is 3. The Balaban J connectivity index is 1.84. The van der Waals surface area contributed by atoms with Crippen molar-refractivity contribution in [2.24, 2.45) is 0 Å². The number of aromatic nitrogens is 2. The van der Waals surface area contributed by atoms with Gasteiger partial charge in [0.1, 0.15) is 17.1 Å². The molecule has 0 saturated carbocycles. The van der Waals surface area contributed by atoms with E-state index in [1.807, 2.05) is 0 Å². The van der Waals surface area contributed by atoms with Crippen molar-refractivity contribution >= 4 is 35.3 Å². The van der Waals surface area contributed by atoms with Crippen molar-refractivity contribution in [2.45, 2.75) is 18.7 Å². The second-order valence-electron chi connectivity index (χ2n) is 5.26. The van der Waals surface area contributed by atoms with Crippen LogP contribution in [0.5, 0.6) is 5.75 Å². The number of carboxylic acid groups (broad SMARTS) is 1. The maximum atomic E-state index is 13.7. The van der Waals surface area contributed by atoms with Gasteiger partial charge in [-0.1, -0.05) is 17.4 Å². The van der Waals surface area contributed by atoms with E-state index < -0.39 is 30.3 Å². The van der Waals surface area contributed by atoms with Gasteiger partial charge in [-0.3, -0.25) is 4.79 Å². The molecular formula is C13H11BFN3O5S. The zero-order valence-corrected chi connectivity index (χ0v) is 12.9. The number of Topliss-reactive ketones (excluding diaryl/α,β-unsaturated/α-hetero) is 1. The molecule has 0 unspecified atom stereocenters. The first kappa shape index (κ1) is 16.3. The summed E-state index contributed by atoms with van der Waals surface area (Å²) in [7, 11) is -1.44. The average Bonchev–Trinajstić information content (AvgIpc) is 2.94. The maximum Gasteiger partial charge on any atom is 0.526 e. The number of fused-ring (bicyclic) bond motifs is 1. The number of benzene rings is 1. The van der Waals surface area contributed by atoms with Gasteiger partial charge in [-0.2, -0.15) is 0 Å². The molecular weight excluding hydrogens is 340 g/mol. The van der Waals surface area contributed by atoms with Crippen molar-refractivity contribution < 1.29 is 28.8 Å². The summed E-state index contributed by atoms with van der Waals surface area (Å²) in [6, 6.07) is 2.40. The molecule has 1 aliphatic heterocycles. The number of carbonyl (C=O) groups excluding carboxylic acids is 1. The van der Waals surface area contributed by atoms with Crippen LogP contribution in [-0.4, -0.2) is 39.2 Å². The van der Waals surface area contributed by atoms with Crippen molar-refractivity contribution in [1.29, 1.82) is 0 Å². The highest BCUT2D eigenvalue weighted by atomic mass is 32.1. The molecule has 1 aliphatic rings. The minimum absolute atomic E-state index is 0.0883. The smallest absolute Gasteiger partial charge is 0.526 e. The molecule has 0 radical (unpaired) electrons. The quantitative estimate of drug-likeness (QED) is 0.549. The number of aromatic carboxylic acids is 1. The summed E-state index contributed by atoms with van der Waals surface area (Å²) in [5, 5.41) is 26.6. The first-order chi connectivity index (χ1) is 11.4. The van der Waals surface area contributed by atoms with Crippen LogP contribution in [0.1, 0.15) is 32.1 Å². The Morgan fingerprint density at radius 3 is 2.83 bits per heavy atom. The molecule has 2 heterocycles. The third-order valence-electron chi connectivity index (χ3n) is 3.65. The van der Waals surface area contributed by atoms with Gasteiger partial charge in [0.15, 0.2) is 10.8 Å². The molecule has 3 rings (SSSR count). The molecule has 8 nitrogen and oxygen atoms in total. The normalized spacial score (nSPS) is 16.4. The number of nitrogen functional groups attached to an aromatic ring is 1. The number of carboxylic acids is 1. The predicted octanol–water partition coefficient (Wildman–Crippen LogP) is 1.02. The summed E-state index contributed by atoms with van der Waals surface area (Å²) < 4.78 is 18.8. The van der Waals surface area contributed by atoms with Crippen LogP contribution in [-0.2, 0) is 6.42 Å². The second kappa shape index (κ2) is 6.17. The van der Waals surface area contributed by atoms with E-state index in [1.54, 1.807) is 0 Å². The number of rotatable bonds is 4. The first-order valence-corrected chi connectivity index (χ1v) is 7.70. The number of halogens is 1. The van der Waals surface area contributed by atoms with Crippen LogP contribution >= 0.6 is 11.3 Å². The lowest BCUT2D eigenvalue weighted by molar-refractivity contribution is 0.0688. The van der Waals surface area contributed by atoms with E-state index in [0.717, 1.165) is 17.4 Å². The molecule has 4 N–H and O–H groups in total. The summed E-state index contributed by atoms with van der Waals surface area (Å²) >= 11 is 0.936. The lowest BCUT2D eigenvalue weighted by Gasteiger charge is -2.27. The van der Waals surface area contributed by atoms with Gasteiger partial charge >= 0.3 is 13.1 Å². The minimum Gasteiger partial charge on any atom is -0.535 e. The monoisotopic (exact) mass is 351 g/mol. The van der Waals surface area contributed by atoms with Crippen molar-refractivity contribution in [3.63, 3.8) is 0 Å². The third-order valence-corrected chi connectivity index (χ3v) is 4.45. The summed E-state index contributed by atoms with van der Waals surface area (Å²) in [6.07, 6.45) is 0.0755. The number of anilines is 1. The van der Waals surface area contributed by atoms with Crippen LogP contribution in [0.15, 0.2) is 12.1 Å². The lowest BCUT2D eigenvalue weighted by Crippen LogP contribution is -2.36. The molecule has 1 aromatic heterocycles. The Morgan fingerprint density at radius 1 is 1.46 bits per heavy atom. The van der Waals surface area contributed by atoms with Crippen LogP contribution in [0.3, 0.4) is 0 Å². The maximum absolute atomic E-state index is 13.7. The van der Waals surface area contributed by atoms with E-state index in [0.29, 0.717) is 5.56 Å². The van der Waals surface area contributed by atoms with E-state index in [9.17, 15) is 19.0 Å². The van der Waals surface area contributed by atoms with Gasteiger partial charge in [-0.25, -0.2) is 9.18 Å². The molecule has 124 valence electrons. The molecule has 11 heteroatoms. The zero-order valence-electron chi connectivity index (χ0n) is 12.1. The highest BCUT2D eigenvalue weighted by molar-refractivity contribution is 7.16. The van der Waals surface area contributed by atoms with E-state index in [2.05, 4.69) is 10.2 Å². The molecule has 1 aromatic carbocycles. The van der Waals surface area contributed by atoms with Gasteiger partial charge < -0.3 is 20.5 Å². The highest BCUT2D eigenvalue weighted by Gasteiger charge is 2.39. The fourth-order valence-corrected chi connectivity index (χ4v) is 3.10. The average molecular weight is 351 g/mol. The third kappa shape index (κ3) is 2.95. The first-order valence-electron chi connectivity index (χ1n) is 6.88. The van der Waals surface area contributed by atoms with Gasteiger partial charge in [0.25, 0.3) is 0 Å². The molecule has 0 saturated heterocycles. The van der Waals surface area contributed by atoms with Crippen molar-refractivity contribution in [3.05, 3.63) is 34.1 Å². The lowest BCUT2D eigenvalue weighted by atomic mass is 9.64. The highest BCUT2D eigenvalue weighted by Crippen LogP contribution is 2.37. The van der Waals surface area contributed by atoms with Crippen LogP contribution in [0, 0.1) is 5.82 Å². The molecule has 2 aromatic rings. The number of carbonyl (C=O) groups is 2. The van der Waals surface area contributed by atoms with E-state index >= 15 is 0 Å². The van der Waals surface area contributed by atoms with Gasteiger partial charge in [-0.05, 0) is 18.1 Å². The Bertz CT molecular complexity index is 830. The molecule has 1 atom stereocenters. The van der Waals surface area contributed by atoms with E-state index in [-0.39, 0.29) is 34.5 Å². The molecule has 0 bridgehead atoms. The van der Waals surface area contributed by atoms with Crippen molar-refractivity contribution in [3.8, 4) is 5.75 Å². The van der Waals surface area contributed by atoms with Gasteiger partial charge in [-0.15, -0.1) is 10.2 Å². The molecule has 0 amide bonds. The van der Waals surface area contributed by atoms with E-state index in [4.69, 9.17) is 15.5 Å². The minimum atomic E-state index is -1.49. The Hall–Kier alpha value is -2.53. The van der Waals surface area contributed by atoms with Gasteiger partial charge in [0.05, 0.1) is 0 Å². The SMILES string of the molecule is Nc1nnc(C(=O)C[C@H]2Cc3ccc(F)c(C(=O)O)c3OB2O)s1. The summed E-state index contributed by atoms with van der Waals surface area (Å²) in [5.41, 5.74) is 5.21. The number of nitrogens with zero attached hydrogens (tertiary/aromatic N) is 2. The summed E-state index contributed by atoms with van der Waals surface area (Å²) in [5.74, 6) is -3.63. The fourth-order valence-electron chi connectivity index (χ4n) is 2.54. The van der Waals surface area contributed by atoms with Gasteiger partial charge in [0.2, 0.25) is 5.13 Å². The van der Waals surface area contributed by atoms with Crippen molar-refractivity contribution in [1.82, 2.24) is 10.2 Å². The van der Waals surface area contributed by atoms with Crippen LogP contribution in [0.25, 0.3) is 0 Å². The topological polar surface area (TPSA) is 136 Å². The number of nitrogens with two attached hydrogens (primary N) is 1. The largest absolute Gasteiger partial charge is 0.535 e. The van der Waals surface area contributed by atoms with Crippen molar-refractivity contribution in [2.75, 3.05) is 5.73 Å². The Labute approximate surface area is 139 Å².